The van der Waals surface area contributed by atoms with Crippen LogP contribution in [0.4, 0.5) is 5.69 Å². The second-order valence-corrected chi connectivity index (χ2v) is 4.19. The van der Waals surface area contributed by atoms with E-state index < -0.39 is 10.8 Å². The maximum Gasteiger partial charge on any atom is 0.295 e. The third-order valence-corrected chi connectivity index (χ3v) is 2.96. The molecule has 6 heteroatoms. The smallest absolute Gasteiger partial charge is 0.295 e. The van der Waals surface area contributed by atoms with E-state index in [2.05, 4.69) is 4.99 Å². The Morgan fingerprint density at radius 3 is 2.85 bits per heavy atom. The Balaban J connectivity index is 2.06. The van der Waals surface area contributed by atoms with Crippen LogP contribution >= 0.6 is 0 Å². The standard InChI is InChI=1S/C14H9N3O3/c18-14-12(16-8-4-3-7-13(16)15-14)9-10-5-1-2-6-11(10)17(19)20/h1-9H. The number of carbonyl (C=O) groups excluding carboxylic acids is 1. The number of allylic oxidation sites excluding steroid dienone is 2. The number of nitro benzene ring substituents is 1. The fraction of sp³-hybridized carbons (Fsp3) is 0. The van der Waals surface area contributed by atoms with E-state index in [-0.39, 0.29) is 5.69 Å². The fourth-order valence-corrected chi connectivity index (χ4v) is 2.05. The highest BCUT2D eigenvalue weighted by molar-refractivity contribution is 6.17. The SMILES string of the molecule is O=C1N=C2C=CC=CN2C1=Cc1ccccc1[N+](=O)[O-]. The quantitative estimate of drug-likeness (QED) is 0.468. The number of amidine groups is 1. The van der Waals surface area contributed by atoms with Gasteiger partial charge < -0.3 is 0 Å². The molecule has 1 amide bonds. The van der Waals surface area contributed by atoms with Crippen LogP contribution in [0.15, 0.2) is 59.4 Å². The van der Waals surface area contributed by atoms with Crippen molar-refractivity contribution in [2.24, 2.45) is 4.99 Å². The number of benzene rings is 1. The monoisotopic (exact) mass is 267 g/mol. The maximum absolute atomic E-state index is 11.9. The molecule has 98 valence electrons. The summed E-state index contributed by atoms with van der Waals surface area (Å²) in [6, 6.07) is 6.27. The highest BCUT2D eigenvalue weighted by Gasteiger charge is 2.28. The topological polar surface area (TPSA) is 75.8 Å². The van der Waals surface area contributed by atoms with Crippen LogP contribution in [0.1, 0.15) is 5.56 Å². The number of nitro groups is 1. The molecular weight excluding hydrogens is 258 g/mol. The van der Waals surface area contributed by atoms with Gasteiger partial charge in [-0.1, -0.05) is 18.2 Å². The first-order valence-corrected chi connectivity index (χ1v) is 5.89. The van der Waals surface area contributed by atoms with Gasteiger partial charge in [-0.15, -0.1) is 0 Å². The van der Waals surface area contributed by atoms with Crippen LogP contribution in [0, 0.1) is 10.1 Å². The lowest BCUT2D eigenvalue weighted by Gasteiger charge is -2.16. The van der Waals surface area contributed by atoms with E-state index in [1.807, 2.05) is 0 Å². The van der Waals surface area contributed by atoms with Crippen LogP contribution < -0.4 is 0 Å². The second kappa shape index (κ2) is 4.58. The summed E-state index contributed by atoms with van der Waals surface area (Å²) >= 11 is 0. The van der Waals surface area contributed by atoms with Crippen molar-refractivity contribution in [3.05, 3.63) is 70.1 Å². The number of fused-ring (bicyclic) bond motifs is 1. The third kappa shape index (κ3) is 1.93. The zero-order valence-electron chi connectivity index (χ0n) is 10.3. The summed E-state index contributed by atoms with van der Waals surface area (Å²) in [4.78, 5) is 27.9. The van der Waals surface area contributed by atoms with Crippen LogP contribution in [-0.4, -0.2) is 21.6 Å². The van der Waals surface area contributed by atoms with Gasteiger partial charge in [0.1, 0.15) is 11.5 Å². The first-order chi connectivity index (χ1) is 9.66. The van der Waals surface area contributed by atoms with Crippen LogP contribution in [0.2, 0.25) is 0 Å². The molecule has 1 aromatic carbocycles. The summed E-state index contributed by atoms with van der Waals surface area (Å²) < 4.78 is 0. The Morgan fingerprint density at radius 2 is 2.05 bits per heavy atom. The molecule has 0 aliphatic carbocycles. The Kier molecular flexibility index (Phi) is 2.76. The lowest BCUT2D eigenvalue weighted by atomic mass is 10.1. The van der Waals surface area contributed by atoms with Crippen molar-refractivity contribution in [1.82, 2.24) is 4.90 Å². The number of aliphatic imine (C=N–C) groups is 1. The molecular formula is C14H9N3O3. The number of hydrogen-bond acceptors (Lipinski definition) is 4. The van der Waals surface area contributed by atoms with Gasteiger partial charge in [0, 0.05) is 12.3 Å². The Hall–Kier alpha value is -3.02. The molecule has 0 spiro atoms. The van der Waals surface area contributed by atoms with Crippen molar-refractivity contribution in [2.75, 3.05) is 0 Å². The number of para-hydroxylation sites is 1. The minimum atomic E-state index is -0.473. The first kappa shape index (κ1) is 12.0. The number of nitrogens with zero attached hydrogens (tertiary/aromatic N) is 3. The highest BCUT2D eigenvalue weighted by atomic mass is 16.6. The van der Waals surface area contributed by atoms with Gasteiger partial charge in [0.05, 0.1) is 10.5 Å². The Bertz CT molecular complexity index is 729. The molecule has 0 N–H and O–H groups in total. The van der Waals surface area contributed by atoms with Crippen LogP contribution in [-0.2, 0) is 4.79 Å². The maximum atomic E-state index is 11.9. The summed E-state index contributed by atoms with van der Waals surface area (Å²) in [5.74, 6) is 0.108. The molecule has 0 atom stereocenters. The molecule has 2 aliphatic rings. The zero-order valence-corrected chi connectivity index (χ0v) is 10.3. The molecule has 3 rings (SSSR count). The van der Waals surface area contributed by atoms with Crippen LogP contribution in [0.5, 0.6) is 0 Å². The molecule has 0 fully saturated rings. The van der Waals surface area contributed by atoms with Gasteiger partial charge in [0.25, 0.3) is 11.6 Å². The molecule has 0 saturated carbocycles. The van der Waals surface area contributed by atoms with Crippen molar-refractivity contribution in [3.63, 3.8) is 0 Å². The van der Waals surface area contributed by atoms with Gasteiger partial charge in [-0.25, -0.2) is 0 Å². The normalized spacial score (nSPS) is 18.4. The minimum absolute atomic E-state index is 0.0437. The molecule has 0 bridgehead atoms. The van der Waals surface area contributed by atoms with E-state index >= 15 is 0 Å². The predicted octanol–water partition coefficient (Wildman–Crippen LogP) is 2.26. The average Bonchev–Trinajstić information content (AvgIpc) is 2.76. The van der Waals surface area contributed by atoms with Gasteiger partial charge in [-0.3, -0.25) is 19.8 Å². The van der Waals surface area contributed by atoms with Gasteiger partial charge in [-0.05, 0) is 24.3 Å². The first-order valence-electron chi connectivity index (χ1n) is 5.89. The van der Waals surface area contributed by atoms with Crippen molar-refractivity contribution in [1.29, 1.82) is 0 Å². The molecule has 1 aromatic rings. The summed E-state index contributed by atoms with van der Waals surface area (Å²) in [5.41, 5.74) is 0.632. The van der Waals surface area contributed by atoms with Crippen molar-refractivity contribution >= 4 is 23.5 Å². The number of hydrogen-bond donors (Lipinski definition) is 0. The van der Waals surface area contributed by atoms with Gasteiger partial charge in [0.2, 0.25) is 0 Å². The zero-order chi connectivity index (χ0) is 14.1. The van der Waals surface area contributed by atoms with E-state index in [9.17, 15) is 14.9 Å². The number of rotatable bonds is 2. The second-order valence-electron chi connectivity index (χ2n) is 4.19. The van der Waals surface area contributed by atoms with Crippen molar-refractivity contribution in [2.45, 2.75) is 0 Å². The van der Waals surface area contributed by atoms with E-state index in [0.717, 1.165) is 0 Å². The molecule has 0 unspecified atom stereocenters. The summed E-state index contributed by atoms with van der Waals surface area (Å²) in [6.45, 7) is 0. The molecule has 0 radical (unpaired) electrons. The van der Waals surface area contributed by atoms with Gasteiger partial charge in [0.15, 0.2) is 0 Å². The van der Waals surface area contributed by atoms with Gasteiger partial charge in [-0.2, -0.15) is 4.99 Å². The predicted molar refractivity (Wildman–Crippen MR) is 73.6 cm³/mol. The van der Waals surface area contributed by atoms with E-state index in [0.29, 0.717) is 17.1 Å². The average molecular weight is 267 g/mol. The Labute approximate surface area is 114 Å². The molecule has 2 aliphatic heterocycles. The largest absolute Gasteiger partial charge is 0.297 e. The van der Waals surface area contributed by atoms with E-state index in [1.165, 1.54) is 12.1 Å². The third-order valence-electron chi connectivity index (χ3n) is 2.96. The van der Waals surface area contributed by atoms with Crippen LogP contribution in [0.25, 0.3) is 6.08 Å². The Morgan fingerprint density at radius 1 is 1.25 bits per heavy atom. The van der Waals surface area contributed by atoms with Crippen molar-refractivity contribution < 1.29 is 9.72 Å². The van der Waals surface area contributed by atoms with E-state index in [4.69, 9.17) is 0 Å². The molecule has 2 heterocycles. The summed E-state index contributed by atoms with van der Waals surface area (Å²) in [6.07, 6.45) is 8.43. The lowest BCUT2D eigenvalue weighted by molar-refractivity contribution is -0.385. The summed E-state index contributed by atoms with van der Waals surface area (Å²) in [7, 11) is 0. The van der Waals surface area contributed by atoms with Crippen molar-refractivity contribution in [3.8, 4) is 0 Å². The summed E-state index contributed by atoms with van der Waals surface area (Å²) in [5, 5.41) is 11.0. The number of carbonyl (C=O) groups is 1. The minimum Gasteiger partial charge on any atom is -0.297 e. The molecule has 0 saturated heterocycles. The molecule has 6 nitrogen and oxygen atoms in total. The van der Waals surface area contributed by atoms with E-state index in [1.54, 1.807) is 47.5 Å². The van der Waals surface area contributed by atoms with Crippen LogP contribution in [0.3, 0.4) is 0 Å². The number of amides is 1. The molecule has 20 heavy (non-hydrogen) atoms. The fourth-order valence-electron chi connectivity index (χ4n) is 2.05. The van der Waals surface area contributed by atoms with Gasteiger partial charge >= 0.3 is 0 Å². The highest BCUT2D eigenvalue weighted by Crippen LogP contribution is 2.26. The lowest BCUT2D eigenvalue weighted by Crippen LogP contribution is -2.20. The molecule has 0 aromatic heterocycles.